The van der Waals surface area contributed by atoms with Gasteiger partial charge in [-0.25, -0.2) is 4.98 Å². The third kappa shape index (κ3) is 2.41. The largest absolute Gasteiger partial charge is 0.396 e. The predicted molar refractivity (Wildman–Crippen MR) is 50.0 cm³/mol. The normalized spacial score (nSPS) is 15.9. The molecule has 0 radical (unpaired) electrons. The molecule has 2 N–H and O–H groups in total. The van der Waals surface area contributed by atoms with E-state index in [1.165, 1.54) is 0 Å². The number of nitrogens with zero attached hydrogens (tertiary/aromatic N) is 1. The van der Waals surface area contributed by atoms with E-state index in [4.69, 9.17) is 0 Å². The smallest absolute Gasteiger partial charge is 0.312 e. The second-order valence-corrected chi connectivity index (χ2v) is 3.66. The average Bonchev–Trinajstić information content (AvgIpc) is 2.15. The van der Waals surface area contributed by atoms with Crippen LogP contribution >= 0.6 is 0 Å². The van der Waals surface area contributed by atoms with E-state index in [1.54, 1.807) is 0 Å². The fraction of sp³-hybridized carbons (Fsp3) is 0.556. The lowest BCUT2D eigenvalue weighted by Gasteiger charge is -2.16. The summed E-state index contributed by atoms with van der Waals surface area (Å²) in [5.74, 6) is -0.307. The van der Waals surface area contributed by atoms with Gasteiger partial charge in [-0.15, -0.1) is 0 Å². The number of aromatic amines is 1. The molecule has 1 aromatic rings. The Morgan fingerprint density at radius 2 is 2.12 bits per heavy atom. The maximum Gasteiger partial charge on any atom is 0.396 e. The molecule has 0 unspecified atom stereocenters. The van der Waals surface area contributed by atoms with Crippen molar-refractivity contribution < 1.29 is 13.2 Å². The van der Waals surface area contributed by atoms with Gasteiger partial charge in [0.05, 0.1) is 11.3 Å². The number of hydrogen-bond acceptors (Lipinski definition) is 3. The Morgan fingerprint density at radius 1 is 1.38 bits per heavy atom. The standard InChI is InChI=1S/C9H10F3N3O/c10-9(11,12)3-7-14-6-1-2-13-4-5(6)8(16)15-7/h13H,1-4H2,(H,14,15,16). The Labute approximate surface area is 88.9 Å². The molecule has 4 nitrogen and oxygen atoms in total. The first kappa shape index (κ1) is 11.1. The van der Waals surface area contributed by atoms with Crippen molar-refractivity contribution in [3.05, 3.63) is 27.4 Å². The predicted octanol–water partition coefficient (Wildman–Crippen LogP) is 0.520. The van der Waals surface area contributed by atoms with Crippen molar-refractivity contribution >= 4 is 0 Å². The first-order chi connectivity index (χ1) is 7.46. The molecule has 88 valence electrons. The zero-order chi connectivity index (χ0) is 11.8. The third-order valence-electron chi connectivity index (χ3n) is 2.36. The quantitative estimate of drug-likeness (QED) is 0.743. The van der Waals surface area contributed by atoms with Crippen LogP contribution < -0.4 is 10.9 Å². The highest BCUT2D eigenvalue weighted by molar-refractivity contribution is 5.20. The van der Waals surface area contributed by atoms with Gasteiger partial charge in [-0.05, 0) is 0 Å². The zero-order valence-electron chi connectivity index (χ0n) is 8.32. The molecule has 0 atom stereocenters. The maximum absolute atomic E-state index is 12.1. The number of H-pyrrole nitrogens is 1. The molecule has 0 aliphatic carbocycles. The minimum absolute atomic E-state index is 0.307. The molecule has 7 heteroatoms. The Bertz CT molecular complexity index is 452. The van der Waals surface area contributed by atoms with E-state index in [9.17, 15) is 18.0 Å². The molecule has 2 rings (SSSR count). The molecule has 0 bridgehead atoms. The van der Waals surface area contributed by atoms with Gasteiger partial charge in [-0.2, -0.15) is 13.2 Å². The summed E-state index contributed by atoms with van der Waals surface area (Å²) >= 11 is 0. The van der Waals surface area contributed by atoms with Gasteiger partial charge >= 0.3 is 6.18 Å². The van der Waals surface area contributed by atoms with Crippen LogP contribution in [0.15, 0.2) is 4.79 Å². The van der Waals surface area contributed by atoms with Crippen LogP contribution in [0.1, 0.15) is 17.1 Å². The zero-order valence-corrected chi connectivity index (χ0v) is 8.32. The SMILES string of the molecule is O=c1[nH]c(CC(F)(F)F)nc2c1CNCC2. The fourth-order valence-electron chi connectivity index (χ4n) is 1.68. The van der Waals surface area contributed by atoms with Crippen LogP contribution in [0.3, 0.4) is 0 Å². The second kappa shape index (κ2) is 3.89. The number of halogens is 3. The summed E-state index contributed by atoms with van der Waals surface area (Å²) in [5, 5.41) is 2.97. The summed E-state index contributed by atoms with van der Waals surface area (Å²) < 4.78 is 36.4. The Balaban J connectivity index is 2.36. The highest BCUT2D eigenvalue weighted by Gasteiger charge is 2.30. The lowest BCUT2D eigenvalue weighted by Crippen LogP contribution is -2.33. The summed E-state index contributed by atoms with van der Waals surface area (Å²) in [4.78, 5) is 17.5. The van der Waals surface area contributed by atoms with Crippen molar-refractivity contribution in [2.45, 2.75) is 25.6 Å². The molecular formula is C9H10F3N3O. The highest BCUT2D eigenvalue weighted by atomic mass is 19.4. The van der Waals surface area contributed by atoms with Crippen LogP contribution in [-0.2, 0) is 19.4 Å². The minimum atomic E-state index is -4.35. The number of nitrogens with one attached hydrogen (secondary N) is 2. The van der Waals surface area contributed by atoms with Gasteiger partial charge in [0, 0.05) is 19.5 Å². The Hall–Kier alpha value is -1.37. The molecule has 2 heterocycles. The van der Waals surface area contributed by atoms with Gasteiger partial charge in [0.15, 0.2) is 0 Å². The monoisotopic (exact) mass is 233 g/mol. The summed E-state index contributed by atoms with van der Waals surface area (Å²) in [6, 6.07) is 0. The lowest BCUT2D eigenvalue weighted by atomic mass is 10.1. The van der Waals surface area contributed by atoms with Crippen LogP contribution in [0.4, 0.5) is 13.2 Å². The number of rotatable bonds is 1. The molecule has 0 spiro atoms. The molecular weight excluding hydrogens is 223 g/mol. The number of fused-ring (bicyclic) bond motifs is 1. The van der Waals surface area contributed by atoms with Crippen LogP contribution in [0.25, 0.3) is 0 Å². The molecule has 0 fully saturated rings. The van der Waals surface area contributed by atoms with E-state index in [-0.39, 0.29) is 5.82 Å². The molecule has 0 saturated carbocycles. The van der Waals surface area contributed by atoms with Gasteiger partial charge in [0.25, 0.3) is 5.56 Å². The van der Waals surface area contributed by atoms with Gasteiger partial charge < -0.3 is 10.3 Å². The molecule has 0 saturated heterocycles. The van der Waals surface area contributed by atoms with Crippen LogP contribution in [0.5, 0.6) is 0 Å². The van der Waals surface area contributed by atoms with Crippen molar-refractivity contribution in [1.29, 1.82) is 0 Å². The van der Waals surface area contributed by atoms with Gasteiger partial charge in [0.2, 0.25) is 0 Å². The van der Waals surface area contributed by atoms with E-state index in [2.05, 4.69) is 15.3 Å². The lowest BCUT2D eigenvalue weighted by molar-refractivity contribution is -0.128. The van der Waals surface area contributed by atoms with Crippen molar-refractivity contribution in [1.82, 2.24) is 15.3 Å². The maximum atomic E-state index is 12.1. The van der Waals surface area contributed by atoms with E-state index < -0.39 is 18.2 Å². The summed E-state index contributed by atoms with van der Waals surface area (Å²) in [7, 11) is 0. The fourth-order valence-corrected chi connectivity index (χ4v) is 1.68. The number of aromatic nitrogens is 2. The average molecular weight is 233 g/mol. The first-order valence-corrected chi connectivity index (χ1v) is 4.84. The number of alkyl halides is 3. The van der Waals surface area contributed by atoms with Crippen LogP contribution in [0, 0.1) is 0 Å². The molecule has 1 aliphatic heterocycles. The van der Waals surface area contributed by atoms with Gasteiger partial charge in [0.1, 0.15) is 12.2 Å². The highest BCUT2D eigenvalue weighted by Crippen LogP contribution is 2.19. The van der Waals surface area contributed by atoms with Gasteiger partial charge in [-0.1, -0.05) is 0 Å². The van der Waals surface area contributed by atoms with E-state index in [0.717, 1.165) is 0 Å². The number of hydrogen-bond donors (Lipinski definition) is 2. The van der Waals surface area contributed by atoms with Gasteiger partial charge in [-0.3, -0.25) is 4.79 Å². The molecule has 0 amide bonds. The van der Waals surface area contributed by atoms with Crippen LogP contribution in [0.2, 0.25) is 0 Å². The van der Waals surface area contributed by atoms with E-state index in [1.807, 2.05) is 0 Å². The van der Waals surface area contributed by atoms with E-state index >= 15 is 0 Å². The molecule has 0 aromatic carbocycles. The first-order valence-electron chi connectivity index (χ1n) is 4.84. The summed E-state index contributed by atoms with van der Waals surface area (Å²) in [5.41, 5.74) is 0.440. The molecule has 1 aromatic heterocycles. The van der Waals surface area contributed by atoms with Crippen molar-refractivity contribution in [2.75, 3.05) is 6.54 Å². The molecule has 1 aliphatic rings. The van der Waals surface area contributed by atoms with Crippen molar-refractivity contribution in [3.8, 4) is 0 Å². The Kier molecular flexibility index (Phi) is 2.71. The van der Waals surface area contributed by atoms with Crippen LogP contribution in [-0.4, -0.2) is 22.7 Å². The van der Waals surface area contributed by atoms with Crippen molar-refractivity contribution in [3.63, 3.8) is 0 Å². The summed E-state index contributed by atoms with van der Waals surface area (Å²) in [6.07, 6.45) is -5.05. The molecule has 16 heavy (non-hydrogen) atoms. The minimum Gasteiger partial charge on any atom is -0.312 e. The Morgan fingerprint density at radius 3 is 2.81 bits per heavy atom. The third-order valence-corrected chi connectivity index (χ3v) is 2.36. The summed E-state index contributed by atoms with van der Waals surface area (Å²) in [6.45, 7) is 0.999. The van der Waals surface area contributed by atoms with E-state index in [0.29, 0.717) is 30.8 Å². The van der Waals surface area contributed by atoms with Crippen molar-refractivity contribution in [2.24, 2.45) is 0 Å². The second-order valence-electron chi connectivity index (χ2n) is 3.66. The topological polar surface area (TPSA) is 57.8 Å².